The number of aromatic nitrogens is 1. The number of hydrogen-bond donors (Lipinski definition) is 1. The largest absolute Gasteiger partial charge is 0.456 e. The summed E-state index contributed by atoms with van der Waals surface area (Å²) in [6, 6.07) is 53.4. The molecule has 13 rings (SSSR count). The maximum atomic E-state index is 6.62. The van der Waals surface area contributed by atoms with Crippen molar-refractivity contribution in [2.45, 2.75) is 90.9 Å². The van der Waals surface area contributed by atoms with E-state index in [4.69, 9.17) is 4.42 Å². The first-order valence-electron chi connectivity index (χ1n) is 23.9. The van der Waals surface area contributed by atoms with Gasteiger partial charge in [0.15, 0.2) is 7.28 Å². The van der Waals surface area contributed by atoms with Crippen LogP contribution in [-0.4, -0.2) is 11.8 Å². The van der Waals surface area contributed by atoms with Crippen LogP contribution < -0.4 is 16.2 Å². The Balaban J connectivity index is 1.10. The summed E-state index contributed by atoms with van der Waals surface area (Å²) in [5, 5.41) is 8.93. The maximum Gasteiger partial charge on any atom is 0.198 e. The molecule has 1 N–H and O–H groups in total. The Morgan fingerprint density at radius 3 is 1.92 bits per heavy atom. The molecule has 0 spiro atoms. The molecule has 0 radical (unpaired) electrons. The van der Waals surface area contributed by atoms with Crippen molar-refractivity contribution >= 4 is 73.3 Å². The molecule has 3 nitrogen and oxygen atoms in total. The third kappa shape index (κ3) is 5.39. The molecule has 2 aliphatic carbocycles. The fourth-order valence-corrected chi connectivity index (χ4v) is 12.2. The summed E-state index contributed by atoms with van der Waals surface area (Å²) in [5.41, 5.74) is 26.4. The Kier molecular flexibility index (Phi) is 7.78. The molecule has 0 unspecified atom stereocenters. The molecule has 0 fully saturated rings. The van der Waals surface area contributed by atoms with Gasteiger partial charge in [0.2, 0.25) is 0 Å². The van der Waals surface area contributed by atoms with Crippen LogP contribution in [0.15, 0.2) is 144 Å². The van der Waals surface area contributed by atoms with E-state index in [-0.39, 0.29) is 21.7 Å². The molecule has 3 aliphatic rings. The number of benzene rings is 8. The SMILES string of the molecule is CC(C)(C)c1ccc(Nc2cc3c(cc2-c2ccc4c5cc6c(cc5n5c4c2Bc2cc4oc7ccccc7c4cc2-5)C(C)(C)c2ccccc2-6)C(C)(C)c2cc(C(C)(C)C)ccc2-3)cc1. The van der Waals surface area contributed by atoms with Crippen molar-refractivity contribution < 1.29 is 4.42 Å². The molecule has 66 heavy (non-hydrogen) atoms. The van der Waals surface area contributed by atoms with E-state index in [1.165, 1.54) is 105 Å². The molecule has 10 aromatic rings. The summed E-state index contributed by atoms with van der Waals surface area (Å²) in [4.78, 5) is 0. The van der Waals surface area contributed by atoms with Crippen molar-refractivity contribution in [3.05, 3.63) is 173 Å². The van der Waals surface area contributed by atoms with Gasteiger partial charge in [-0.05, 0) is 132 Å². The number of hydrogen-bond acceptors (Lipinski definition) is 2. The third-order valence-electron chi connectivity index (χ3n) is 15.9. The second kappa shape index (κ2) is 13.0. The average Bonchev–Trinajstić information content (AvgIpc) is 3.95. The minimum atomic E-state index is -0.188. The van der Waals surface area contributed by atoms with Crippen molar-refractivity contribution in [3.63, 3.8) is 0 Å². The van der Waals surface area contributed by atoms with Gasteiger partial charge in [-0.1, -0.05) is 160 Å². The molecule has 0 saturated carbocycles. The first-order chi connectivity index (χ1) is 31.5. The van der Waals surface area contributed by atoms with Gasteiger partial charge < -0.3 is 14.3 Å². The predicted octanol–water partition coefficient (Wildman–Crippen LogP) is 15.0. The normalized spacial score (nSPS) is 15.2. The van der Waals surface area contributed by atoms with E-state index in [9.17, 15) is 0 Å². The zero-order valence-electron chi connectivity index (χ0n) is 39.8. The van der Waals surface area contributed by atoms with Gasteiger partial charge >= 0.3 is 0 Å². The van der Waals surface area contributed by atoms with Crippen LogP contribution in [0.5, 0.6) is 0 Å². The fraction of sp³-hybridized carbons (Fsp3) is 0.226. The van der Waals surface area contributed by atoms with Gasteiger partial charge in [0.1, 0.15) is 11.2 Å². The maximum absolute atomic E-state index is 6.62. The van der Waals surface area contributed by atoms with Crippen LogP contribution in [0.25, 0.3) is 82.8 Å². The molecule has 4 heteroatoms. The highest BCUT2D eigenvalue weighted by atomic mass is 16.3. The van der Waals surface area contributed by atoms with E-state index >= 15 is 0 Å². The molecular weight excluding hydrogens is 800 g/mol. The number of rotatable bonds is 3. The van der Waals surface area contributed by atoms with E-state index in [2.05, 4.69) is 219 Å². The van der Waals surface area contributed by atoms with Crippen LogP contribution in [0.3, 0.4) is 0 Å². The minimum Gasteiger partial charge on any atom is -0.456 e. The van der Waals surface area contributed by atoms with Crippen LogP contribution in [0.2, 0.25) is 0 Å². The van der Waals surface area contributed by atoms with E-state index < -0.39 is 0 Å². The lowest BCUT2D eigenvalue weighted by molar-refractivity contribution is 0.584. The summed E-state index contributed by atoms with van der Waals surface area (Å²) in [6.45, 7) is 23.4. The van der Waals surface area contributed by atoms with Gasteiger partial charge in [0.05, 0.1) is 5.52 Å². The Morgan fingerprint density at radius 2 is 1.14 bits per heavy atom. The predicted molar refractivity (Wildman–Crippen MR) is 282 cm³/mol. The smallest absolute Gasteiger partial charge is 0.198 e. The van der Waals surface area contributed by atoms with Crippen LogP contribution in [-0.2, 0) is 21.7 Å². The second-order valence-corrected chi connectivity index (χ2v) is 22.7. The molecule has 2 aromatic heterocycles. The fourth-order valence-electron chi connectivity index (χ4n) is 12.2. The Hall–Kier alpha value is -6.78. The standard InChI is InChI=1S/C62H55BN2O/c1-59(2,3)34-19-22-36(23-20-34)64-52-30-43-38-24-21-35(60(4,5)6)27-48(38)62(9,10)49(43)29-44(52)40-25-26-41-45-28-42-37-15-11-13-17-47(37)61(7,8)50(42)32-53(45)65-54-31-46-39-16-12-14-18-55(39)66-56(46)33-51(54)63-57(40)58(41)65/h11-33,63-64H,1-10H3. The molecule has 1 aliphatic heterocycles. The zero-order valence-corrected chi connectivity index (χ0v) is 39.8. The second-order valence-electron chi connectivity index (χ2n) is 22.7. The number of nitrogens with zero attached hydrogens (tertiary/aromatic N) is 1. The van der Waals surface area contributed by atoms with E-state index in [0.29, 0.717) is 0 Å². The Morgan fingerprint density at radius 1 is 0.485 bits per heavy atom. The van der Waals surface area contributed by atoms with Gasteiger partial charge in [-0.15, -0.1) is 0 Å². The van der Waals surface area contributed by atoms with E-state index in [1.54, 1.807) is 0 Å². The average molecular weight is 855 g/mol. The summed E-state index contributed by atoms with van der Waals surface area (Å²) < 4.78 is 9.23. The quantitative estimate of drug-likeness (QED) is 0.179. The van der Waals surface area contributed by atoms with Crippen molar-refractivity contribution in [2.75, 3.05) is 5.32 Å². The highest BCUT2D eigenvalue weighted by Gasteiger charge is 2.40. The van der Waals surface area contributed by atoms with Gasteiger partial charge in [-0.2, -0.15) is 0 Å². The summed E-state index contributed by atoms with van der Waals surface area (Å²) >= 11 is 0. The van der Waals surface area contributed by atoms with Crippen LogP contribution >= 0.6 is 0 Å². The molecule has 0 atom stereocenters. The molecule has 3 heterocycles. The molecule has 0 amide bonds. The van der Waals surface area contributed by atoms with Crippen molar-refractivity contribution in [1.82, 2.24) is 4.57 Å². The van der Waals surface area contributed by atoms with Crippen LogP contribution in [0.1, 0.15) is 103 Å². The number of nitrogens with one attached hydrogen (secondary N) is 1. The van der Waals surface area contributed by atoms with Crippen molar-refractivity contribution in [2.24, 2.45) is 0 Å². The lowest BCUT2D eigenvalue weighted by Gasteiger charge is -2.27. The summed E-state index contributed by atoms with van der Waals surface area (Å²) in [6.07, 6.45) is 0. The van der Waals surface area contributed by atoms with Crippen molar-refractivity contribution in [1.29, 1.82) is 0 Å². The molecule has 0 saturated heterocycles. The number of anilines is 2. The first kappa shape index (κ1) is 39.6. The lowest BCUT2D eigenvalue weighted by Crippen LogP contribution is -2.37. The van der Waals surface area contributed by atoms with Gasteiger partial charge in [0, 0.05) is 60.5 Å². The van der Waals surface area contributed by atoms with Crippen LogP contribution in [0, 0.1) is 0 Å². The summed E-state index contributed by atoms with van der Waals surface area (Å²) in [7, 11) is 0.786. The topological polar surface area (TPSA) is 30.1 Å². The molecule has 322 valence electrons. The number of furan rings is 1. The zero-order chi connectivity index (χ0) is 45.4. The lowest BCUT2D eigenvalue weighted by atomic mass is 9.59. The molecule has 8 aromatic carbocycles. The van der Waals surface area contributed by atoms with Gasteiger partial charge in [0.25, 0.3) is 0 Å². The van der Waals surface area contributed by atoms with Crippen LogP contribution in [0.4, 0.5) is 11.4 Å². The molecule has 0 bridgehead atoms. The van der Waals surface area contributed by atoms with E-state index in [0.717, 1.165) is 40.6 Å². The van der Waals surface area contributed by atoms with E-state index in [1.807, 2.05) is 0 Å². The highest BCUT2D eigenvalue weighted by molar-refractivity contribution is 6.73. The van der Waals surface area contributed by atoms with Gasteiger partial charge in [-0.3, -0.25) is 0 Å². The first-order valence-corrected chi connectivity index (χ1v) is 23.9. The Labute approximate surface area is 388 Å². The molecular formula is C62H55BN2O. The highest BCUT2D eigenvalue weighted by Crippen LogP contribution is 2.54. The third-order valence-corrected chi connectivity index (χ3v) is 15.9. The van der Waals surface area contributed by atoms with Gasteiger partial charge in [-0.25, -0.2) is 0 Å². The summed E-state index contributed by atoms with van der Waals surface area (Å²) in [5.74, 6) is 0. The van der Waals surface area contributed by atoms with Crippen molar-refractivity contribution in [3.8, 4) is 39.1 Å². The Bertz CT molecular complexity index is 3770. The minimum absolute atomic E-state index is 0.0526. The number of fused-ring (bicyclic) bond motifs is 14. The monoisotopic (exact) mass is 854 g/mol. The number of para-hydroxylation sites is 1.